The zero-order valence-corrected chi connectivity index (χ0v) is 13.7. The van der Waals surface area contributed by atoms with Crippen LogP contribution < -0.4 is 5.63 Å². The Morgan fingerprint density at radius 1 is 1.30 bits per heavy atom. The highest BCUT2D eigenvalue weighted by Crippen LogP contribution is 2.19. The summed E-state index contributed by atoms with van der Waals surface area (Å²) in [6.07, 6.45) is 3.45. The molecule has 1 aliphatic heterocycles. The van der Waals surface area contributed by atoms with Crippen molar-refractivity contribution in [3.05, 3.63) is 28.7 Å². The van der Waals surface area contributed by atoms with Gasteiger partial charge in [0.05, 0.1) is 11.8 Å². The minimum Gasteiger partial charge on any atom is -0.327 e. The molecule has 2 aromatic rings. The second-order valence-electron chi connectivity index (χ2n) is 5.24. The number of likely N-dealkylation sites (N-methyl/N-ethyl adjacent to an activating group) is 1. The van der Waals surface area contributed by atoms with Crippen molar-refractivity contribution >= 4 is 17.8 Å². The van der Waals surface area contributed by atoms with Crippen LogP contribution in [0.5, 0.6) is 0 Å². The third-order valence-corrected chi connectivity index (χ3v) is 4.24. The lowest BCUT2D eigenvalue weighted by Crippen LogP contribution is -2.48. The Kier molecular flexibility index (Phi) is 4.49. The van der Waals surface area contributed by atoms with Gasteiger partial charge >= 0.3 is 11.7 Å². The number of thioether (sulfide) groups is 1. The van der Waals surface area contributed by atoms with Crippen LogP contribution in [0.1, 0.15) is 0 Å². The Morgan fingerprint density at radius 2 is 2.04 bits per heavy atom. The van der Waals surface area contributed by atoms with Crippen LogP contribution in [0.25, 0.3) is 11.4 Å². The standard InChI is InChI=1S/C14H17N5O3S/c1-17-5-7-18(8-6-17)14(21)19-11(9-12(20)22-19)10-3-4-15-13(16-10)23-2/h3-4,9H,5-8H2,1-2H3. The van der Waals surface area contributed by atoms with Crippen LogP contribution in [0.3, 0.4) is 0 Å². The summed E-state index contributed by atoms with van der Waals surface area (Å²) in [4.78, 5) is 36.6. The fourth-order valence-electron chi connectivity index (χ4n) is 2.36. The SMILES string of the molecule is CSc1nccc(-c2cc(=O)on2C(=O)N2CCN(C)CC2)n1. The number of amides is 1. The molecule has 23 heavy (non-hydrogen) atoms. The minimum atomic E-state index is -0.577. The third-order valence-electron chi connectivity index (χ3n) is 3.68. The summed E-state index contributed by atoms with van der Waals surface area (Å²) in [6.45, 7) is 2.76. The lowest BCUT2D eigenvalue weighted by atomic mass is 10.3. The van der Waals surface area contributed by atoms with Gasteiger partial charge in [-0.25, -0.2) is 19.6 Å². The van der Waals surface area contributed by atoms with Crippen LogP contribution in [0, 0.1) is 0 Å². The minimum absolute atomic E-state index is 0.344. The molecule has 0 atom stereocenters. The van der Waals surface area contributed by atoms with E-state index in [-0.39, 0.29) is 6.03 Å². The number of carbonyl (C=O) groups excluding carboxylic acids is 1. The van der Waals surface area contributed by atoms with Crippen LogP contribution in [-0.4, -0.2) is 70.0 Å². The number of hydrogen-bond acceptors (Lipinski definition) is 7. The van der Waals surface area contributed by atoms with Crippen molar-refractivity contribution in [2.75, 3.05) is 39.5 Å². The number of hydrogen-bond donors (Lipinski definition) is 0. The van der Waals surface area contributed by atoms with E-state index in [4.69, 9.17) is 4.52 Å². The van der Waals surface area contributed by atoms with Crippen molar-refractivity contribution in [1.29, 1.82) is 0 Å². The fraction of sp³-hybridized carbons (Fsp3) is 0.429. The molecule has 0 saturated carbocycles. The van der Waals surface area contributed by atoms with Crippen molar-refractivity contribution in [3.8, 4) is 11.4 Å². The van der Waals surface area contributed by atoms with Gasteiger partial charge < -0.3 is 14.3 Å². The summed E-state index contributed by atoms with van der Waals surface area (Å²) >= 11 is 1.39. The molecular formula is C14H17N5O3S. The van der Waals surface area contributed by atoms with E-state index in [0.717, 1.165) is 17.8 Å². The van der Waals surface area contributed by atoms with Gasteiger partial charge in [-0.2, -0.15) is 0 Å². The molecule has 122 valence electrons. The van der Waals surface area contributed by atoms with E-state index in [1.54, 1.807) is 17.2 Å². The summed E-state index contributed by atoms with van der Waals surface area (Å²) in [5.41, 5.74) is 0.251. The largest absolute Gasteiger partial charge is 0.359 e. The summed E-state index contributed by atoms with van der Waals surface area (Å²) < 4.78 is 6.10. The van der Waals surface area contributed by atoms with Crippen molar-refractivity contribution in [1.82, 2.24) is 24.5 Å². The van der Waals surface area contributed by atoms with Crippen LogP contribution in [0.15, 0.2) is 32.8 Å². The van der Waals surface area contributed by atoms with Gasteiger partial charge in [-0.05, 0) is 19.4 Å². The second-order valence-corrected chi connectivity index (χ2v) is 6.01. The van der Waals surface area contributed by atoms with Gasteiger partial charge in [0.1, 0.15) is 5.69 Å². The molecule has 0 N–H and O–H groups in total. The van der Waals surface area contributed by atoms with Crippen LogP contribution >= 0.6 is 11.8 Å². The Bertz CT molecular complexity index is 764. The van der Waals surface area contributed by atoms with Gasteiger partial charge in [0, 0.05) is 32.4 Å². The zero-order chi connectivity index (χ0) is 16.4. The fourth-order valence-corrected chi connectivity index (χ4v) is 2.72. The van der Waals surface area contributed by atoms with E-state index in [9.17, 15) is 9.59 Å². The molecular weight excluding hydrogens is 318 g/mol. The Hall–Kier alpha value is -2.13. The van der Waals surface area contributed by atoms with E-state index >= 15 is 0 Å². The molecule has 0 bridgehead atoms. The van der Waals surface area contributed by atoms with E-state index in [1.807, 2.05) is 13.3 Å². The summed E-state index contributed by atoms with van der Waals surface area (Å²) in [5.74, 6) is 0. The highest BCUT2D eigenvalue weighted by molar-refractivity contribution is 7.98. The number of piperazine rings is 1. The molecule has 9 heteroatoms. The Labute approximate surface area is 137 Å². The highest BCUT2D eigenvalue weighted by Gasteiger charge is 2.25. The van der Waals surface area contributed by atoms with Crippen molar-refractivity contribution in [2.45, 2.75) is 5.16 Å². The molecule has 2 aromatic heterocycles. The first-order valence-electron chi connectivity index (χ1n) is 7.17. The van der Waals surface area contributed by atoms with Gasteiger partial charge in [0.2, 0.25) is 0 Å². The monoisotopic (exact) mass is 335 g/mol. The summed E-state index contributed by atoms with van der Waals surface area (Å²) in [7, 11) is 2.01. The smallest absolute Gasteiger partial charge is 0.327 e. The first-order valence-corrected chi connectivity index (χ1v) is 8.39. The number of rotatable bonds is 2. The van der Waals surface area contributed by atoms with Crippen molar-refractivity contribution < 1.29 is 9.32 Å². The van der Waals surface area contributed by atoms with E-state index in [0.29, 0.717) is 29.6 Å². The lowest BCUT2D eigenvalue weighted by molar-refractivity contribution is 0.134. The molecule has 0 aromatic carbocycles. The van der Waals surface area contributed by atoms with E-state index in [2.05, 4.69) is 14.9 Å². The zero-order valence-electron chi connectivity index (χ0n) is 12.9. The summed E-state index contributed by atoms with van der Waals surface area (Å²) in [6, 6.07) is 2.58. The van der Waals surface area contributed by atoms with Gasteiger partial charge in [0.25, 0.3) is 0 Å². The average Bonchev–Trinajstić information content (AvgIpc) is 2.97. The number of carbonyl (C=O) groups is 1. The predicted octanol–water partition coefficient (Wildman–Crippen LogP) is 0.836. The molecule has 1 fully saturated rings. The Balaban J connectivity index is 1.94. The molecule has 3 heterocycles. The Morgan fingerprint density at radius 3 is 2.74 bits per heavy atom. The predicted molar refractivity (Wildman–Crippen MR) is 85.6 cm³/mol. The normalized spacial score (nSPS) is 15.8. The maximum absolute atomic E-state index is 12.7. The topological polar surface area (TPSA) is 84.5 Å². The third kappa shape index (κ3) is 3.30. The maximum atomic E-state index is 12.7. The van der Waals surface area contributed by atoms with Crippen LogP contribution in [0.2, 0.25) is 0 Å². The molecule has 3 rings (SSSR count). The van der Waals surface area contributed by atoms with Crippen molar-refractivity contribution in [3.63, 3.8) is 0 Å². The van der Waals surface area contributed by atoms with Gasteiger partial charge in [0.15, 0.2) is 5.16 Å². The van der Waals surface area contributed by atoms with Gasteiger partial charge in [-0.1, -0.05) is 11.8 Å². The molecule has 1 saturated heterocycles. The first-order chi connectivity index (χ1) is 11.1. The van der Waals surface area contributed by atoms with E-state index in [1.165, 1.54) is 17.8 Å². The molecule has 1 aliphatic rings. The van der Waals surface area contributed by atoms with Crippen molar-refractivity contribution in [2.24, 2.45) is 0 Å². The molecule has 0 spiro atoms. The quantitative estimate of drug-likeness (QED) is 0.594. The first kappa shape index (κ1) is 15.8. The van der Waals surface area contributed by atoms with Gasteiger partial charge in [-0.15, -0.1) is 4.74 Å². The molecule has 1 amide bonds. The van der Waals surface area contributed by atoms with E-state index < -0.39 is 5.63 Å². The molecule has 0 unspecified atom stereocenters. The number of aromatic nitrogens is 3. The molecule has 0 radical (unpaired) electrons. The van der Waals surface area contributed by atoms with Crippen LogP contribution in [-0.2, 0) is 0 Å². The average molecular weight is 335 g/mol. The molecule has 8 nitrogen and oxygen atoms in total. The second kappa shape index (κ2) is 6.55. The van der Waals surface area contributed by atoms with Gasteiger partial charge in [-0.3, -0.25) is 0 Å². The highest BCUT2D eigenvalue weighted by atomic mass is 32.2. The van der Waals surface area contributed by atoms with Crippen LogP contribution in [0.4, 0.5) is 4.79 Å². The number of nitrogens with zero attached hydrogens (tertiary/aromatic N) is 5. The molecule has 0 aliphatic carbocycles. The summed E-state index contributed by atoms with van der Waals surface area (Å²) in [5, 5.41) is 0.565. The maximum Gasteiger partial charge on any atom is 0.359 e. The lowest BCUT2D eigenvalue weighted by Gasteiger charge is -2.31.